The molecule has 7 heteroatoms. The molecule has 2 aliphatic rings. The first kappa shape index (κ1) is 15.3. The van der Waals surface area contributed by atoms with Crippen LogP contribution in [0, 0.1) is 0 Å². The first-order valence-corrected chi connectivity index (χ1v) is 9.22. The topological polar surface area (TPSA) is 54.6 Å². The molecule has 0 saturated carbocycles. The van der Waals surface area contributed by atoms with Gasteiger partial charge in [0.05, 0.1) is 12.6 Å². The predicted octanol–water partition coefficient (Wildman–Crippen LogP) is 2.09. The van der Waals surface area contributed by atoms with Crippen molar-refractivity contribution < 1.29 is 9.26 Å². The van der Waals surface area contributed by atoms with Gasteiger partial charge < -0.3 is 9.26 Å². The van der Waals surface area contributed by atoms with E-state index >= 15 is 0 Å². The van der Waals surface area contributed by atoms with Crippen LogP contribution in [0.1, 0.15) is 18.7 Å². The zero-order valence-corrected chi connectivity index (χ0v) is 14.0. The third-order valence-corrected chi connectivity index (χ3v) is 5.24. The fourth-order valence-electron chi connectivity index (χ4n) is 3.23. The van der Waals surface area contributed by atoms with E-state index in [0.29, 0.717) is 17.8 Å². The zero-order valence-electron chi connectivity index (χ0n) is 13.2. The van der Waals surface area contributed by atoms with Gasteiger partial charge in [0.2, 0.25) is 11.7 Å². The Hall–Kier alpha value is -1.28. The molecule has 4 heterocycles. The van der Waals surface area contributed by atoms with Crippen LogP contribution in [0.15, 0.2) is 21.3 Å². The van der Waals surface area contributed by atoms with Crippen LogP contribution in [-0.4, -0.2) is 65.4 Å². The molecule has 2 aliphatic heterocycles. The largest absolute Gasteiger partial charge is 0.377 e. The Morgan fingerprint density at radius 1 is 1.22 bits per heavy atom. The Morgan fingerprint density at radius 2 is 2.09 bits per heavy atom. The van der Waals surface area contributed by atoms with Crippen LogP contribution in [0.25, 0.3) is 11.4 Å². The average Bonchev–Trinajstić information content (AvgIpc) is 3.31. The molecule has 0 aromatic carbocycles. The zero-order chi connectivity index (χ0) is 15.5. The van der Waals surface area contributed by atoms with Gasteiger partial charge in [0, 0.05) is 50.3 Å². The summed E-state index contributed by atoms with van der Waals surface area (Å²) in [4.78, 5) is 9.40. The molecular formula is C16H22N4O2S. The van der Waals surface area contributed by atoms with Crippen molar-refractivity contribution in [2.45, 2.75) is 25.5 Å². The lowest BCUT2D eigenvalue weighted by Gasteiger charge is -2.34. The van der Waals surface area contributed by atoms with Crippen molar-refractivity contribution in [1.82, 2.24) is 19.9 Å². The maximum absolute atomic E-state index is 5.73. The van der Waals surface area contributed by atoms with Gasteiger partial charge in [0.25, 0.3) is 0 Å². The van der Waals surface area contributed by atoms with Crippen LogP contribution < -0.4 is 0 Å². The molecule has 0 spiro atoms. The first-order chi connectivity index (χ1) is 11.4. The second-order valence-electron chi connectivity index (χ2n) is 6.24. The van der Waals surface area contributed by atoms with E-state index in [-0.39, 0.29) is 0 Å². The Labute approximate surface area is 140 Å². The van der Waals surface area contributed by atoms with Gasteiger partial charge in [-0.1, -0.05) is 5.16 Å². The monoisotopic (exact) mass is 334 g/mol. The minimum absolute atomic E-state index is 0.450. The van der Waals surface area contributed by atoms with Crippen LogP contribution in [-0.2, 0) is 11.3 Å². The van der Waals surface area contributed by atoms with Crippen LogP contribution in [0.5, 0.6) is 0 Å². The van der Waals surface area contributed by atoms with E-state index in [2.05, 4.69) is 19.9 Å². The summed E-state index contributed by atoms with van der Waals surface area (Å²) in [6, 6.07) is 2.02. The molecule has 2 saturated heterocycles. The molecule has 0 bridgehead atoms. The van der Waals surface area contributed by atoms with Crippen LogP contribution >= 0.6 is 11.3 Å². The molecule has 23 heavy (non-hydrogen) atoms. The molecular weight excluding hydrogens is 312 g/mol. The average molecular weight is 334 g/mol. The maximum atomic E-state index is 5.73. The molecule has 6 nitrogen and oxygen atoms in total. The maximum Gasteiger partial charge on any atom is 0.241 e. The molecule has 0 radical (unpaired) electrons. The highest BCUT2D eigenvalue weighted by Gasteiger charge is 2.23. The summed E-state index contributed by atoms with van der Waals surface area (Å²) in [6.45, 7) is 7.03. The van der Waals surface area contributed by atoms with Gasteiger partial charge in [-0.05, 0) is 24.3 Å². The molecule has 2 aromatic heterocycles. The first-order valence-electron chi connectivity index (χ1n) is 8.28. The van der Waals surface area contributed by atoms with Crippen LogP contribution in [0.3, 0.4) is 0 Å². The number of hydrogen-bond acceptors (Lipinski definition) is 7. The summed E-state index contributed by atoms with van der Waals surface area (Å²) in [5.41, 5.74) is 1.03. The number of ether oxygens (including phenoxy) is 1. The SMILES string of the molecule is c1cc(-c2noc(CN3CCN(C[C@@H]4CCCO4)CC3)n2)cs1. The highest BCUT2D eigenvalue weighted by atomic mass is 32.1. The van der Waals surface area contributed by atoms with E-state index in [0.717, 1.165) is 51.4 Å². The predicted molar refractivity (Wildman–Crippen MR) is 88.3 cm³/mol. The molecule has 2 aromatic rings. The van der Waals surface area contributed by atoms with Gasteiger partial charge in [-0.15, -0.1) is 0 Å². The van der Waals surface area contributed by atoms with E-state index in [1.165, 1.54) is 12.8 Å². The number of rotatable bonds is 5. The van der Waals surface area contributed by atoms with Crippen molar-refractivity contribution in [3.05, 3.63) is 22.7 Å². The summed E-state index contributed by atoms with van der Waals surface area (Å²) < 4.78 is 11.1. The quantitative estimate of drug-likeness (QED) is 0.835. The lowest BCUT2D eigenvalue weighted by Crippen LogP contribution is -2.48. The fraction of sp³-hybridized carbons (Fsp3) is 0.625. The minimum atomic E-state index is 0.450. The van der Waals surface area contributed by atoms with Crippen LogP contribution in [0.2, 0.25) is 0 Å². The molecule has 0 unspecified atom stereocenters. The molecule has 0 amide bonds. The van der Waals surface area contributed by atoms with Gasteiger partial charge in [-0.3, -0.25) is 9.80 Å². The number of hydrogen-bond donors (Lipinski definition) is 0. The van der Waals surface area contributed by atoms with Crippen LogP contribution in [0.4, 0.5) is 0 Å². The number of thiophene rings is 1. The van der Waals surface area contributed by atoms with Crippen molar-refractivity contribution in [1.29, 1.82) is 0 Å². The van der Waals surface area contributed by atoms with Crippen molar-refractivity contribution in [2.24, 2.45) is 0 Å². The molecule has 124 valence electrons. The van der Waals surface area contributed by atoms with E-state index in [1.54, 1.807) is 11.3 Å². The van der Waals surface area contributed by atoms with Crippen molar-refractivity contribution in [3.8, 4) is 11.4 Å². The Kier molecular flexibility index (Phi) is 4.70. The summed E-state index contributed by atoms with van der Waals surface area (Å²) in [6.07, 6.45) is 2.88. The highest BCUT2D eigenvalue weighted by molar-refractivity contribution is 7.08. The number of nitrogens with zero attached hydrogens (tertiary/aromatic N) is 4. The van der Waals surface area contributed by atoms with E-state index in [1.807, 2.05) is 16.8 Å². The smallest absolute Gasteiger partial charge is 0.241 e. The molecule has 0 aliphatic carbocycles. The van der Waals surface area contributed by atoms with Gasteiger partial charge in [0.15, 0.2) is 0 Å². The number of aromatic nitrogens is 2. The van der Waals surface area contributed by atoms with E-state index in [4.69, 9.17) is 9.26 Å². The fourth-order valence-corrected chi connectivity index (χ4v) is 3.86. The van der Waals surface area contributed by atoms with Gasteiger partial charge in [0.1, 0.15) is 0 Å². The summed E-state index contributed by atoms with van der Waals surface area (Å²) in [5.74, 6) is 1.40. The van der Waals surface area contributed by atoms with E-state index in [9.17, 15) is 0 Å². The second-order valence-corrected chi connectivity index (χ2v) is 7.02. The summed E-state index contributed by atoms with van der Waals surface area (Å²) in [5, 5.41) is 8.14. The van der Waals surface area contributed by atoms with Gasteiger partial charge in [-0.25, -0.2) is 0 Å². The van der Waals surface area contributed by atoms with Gasteiger partial charge in [-0.2, -0.15) is 16.3 Å². The molecule has 4 rings (SSSR count). The normalized spacial score (nSPS) is 23.6. The standard InChI is InChI=1S/C16H22N4O2S/c1-2-14(21-8-1)10-19-4-6-20(7-5-19)11-15-17-16(18-22-15)13-3-9-23-12-13/h3,9,12,14H,1-2,4-8,10-11H2/t14-/m0/s1. The van der Waals surface area contributed by atoms with Crippen molar-refractivity contribution >= 4 is 11.3 Å². The Balaban J connectivity index is 1.26. The lowest BCUT2D eigenvalue weighted by atomic mass is 10.2. The number of piperazine rings is 1. The Bertz CT molecular complexity index is 601. The Morgan fingerprint density at radius 3 is 2.83 bits per heavy atom. The lowest BCUT2D eigenvalue weighted by molar-refractivity contribution is 0.0468. The minimum Gasteiger partial charge on any atom is -0.377 e. The van der Waals surface area contributed by atoms with Crippen molar-refractivity contribution in [2.75, 3.05) is 39.3 Å². The molecule has 2 fully saturated rings. The highest BCUT2D eigenvalue weighted by Crippen LogP contribution is 2.19. The third-order valence-electron chi connectivity index (χ3n) is 4.56. The van der Waals surface area contributed by atoms with E-state index < -0.39 is 0 Å². The third kappa shape index (κ3) is 3.80. The summed E-state index contributed by atoms with van der Waals surface area (Å²) in [7, 11) is 0. The van der Waals surface area contributed by atoms with Gasteiger partial charge >= 0.3 is 0 Å². The molecule has 0 N–H and O–H groups in total. The molecule has 1 atom stereocenters. The second kappa shape index (κ2) is 7.09. The van der Waals surface area contributed by atoms with Crippen molar-refractivity contribution in [3.63, 3.8) is 0 Å². The summed E-state index contributed by atoms with van der Waals surface area (Å²) >= 11 is 1.64.